The lowest BCUT2D eigenvalue weighted by Crippen LogP contribution is -2.40. The van der Waals surface area contributed by atoms with Gasteiger partial charge in [-0.25, -0.2) is 8.42 Å². The largest absolute Gasteiger partial charge is 0.484 e. The van der Waals surface area contributed by atoms with Crippen molar-refractivity contribution in [2.24, 2.45) is 0 Å². The molecule has 0 spiro atoms. The van der Waals surface area contributed by atoms with Crippen molar-refractivity contribution >= 4 is 21.6 Å². The van der Waals surface area contributed by atoms with Crippen LogP contribution in [0.1, 0.15) is 25.3 Å². The molecule has 1 amide bonds. The summed E-state index contributed by atoms with van der Waals surface area (Å²) in [5.41, 5.74) is 3.02. The lowest BCUT2D eigenvalue weighted by atomic mass is 9.98. The minimum atomic E-state index is -3.69. The number of ether oxygens (including phenoxy) is 1. The first kappa shape index (κ1) is 22.9. The Balaban J connectivity index is 1.27. The van der Waals surface area contributed by atoms with Crippen LogP contribution in [-0.2, 0) is 14.8 Å². The molecule has 180 valence electrons. The molecule has 0 fully saturated rings. The van der Waals surface area contributed by atoms with Crippen molar-refractivity contribution in [2.45, 2.75) is 30.3 Å². The van der Waals surface area contributed by atoms with E-state index in [0.717, 1.165) is 16.7 Å². The topological polar surface area (TPSA) is 99.2 Å². The molecule has 0 saturated heterocycles. The summed E-state index contributed by atoms with van der Waals surface area (Å²) in [6.45, 7) is 5.58. The summed E-state index contributed by atoms with van der Waals surface area (Å²) >= 11 is 0. The van der Waals surface area contributed by atoms with Gasteiger partial charge in [-0.1, -0.05) is 30.3 Å². The van der Waals surface area contributed by atoms with Gasteiger partial charge in [-0.3, -0.25) is 4.79 Å². The highest BCUT2D eigenvalue weighted by Gasteiger charge is 2.39. The highest BCUT2D eigenvalue weighted by Crippen LogP contribution is 2.37. The van der Waals surface area contributed by atoms with E-state index in [1.807, 2.05) is 44.2 Å². The number of hydrogen-bond donors (Lipinski definition) is 2. The second-order valence-corrected chi connectivity index (χ2v) is 11.6. The summed E-state index contributed by atoms with van der Waals surface area (Å²) in [7, 11) is -3.69. The molecule has 0 radical (unpaired) electrons. The predicted octanol–water partition coefficient (Wildman–Crippen LogP) is 2.19. The van der Waals surface area contributed by atoms with Gasteiger partial charge >= 0.3 is 0 Å². The van der Waals surface area contributed by atoms with Crippen LogP contribution in [0.3, 0.4) is 0 Å². The zero-order valence-corrected chi connectivity index (χ0v) is 20.1. The molecule has 3 aliphatic rings. The number of aliphatic hydroxyl groups excluding tert-OH is 1. The molecule has 9 heteroatoms. The fourth-order valence-corrected chi connectivity index (χ4v) is 6.25. The van der Waals surface area contributed by atoms with Crippen molar-refractivity contribution in [3.05, 3.63) is 65.2 Å². The molecule has 0 unspecified atom stereocenters. The number of sulfonamides is 1. The van der Waals surface area contributed by atoms with Crippen molar-refractivity contribution < 1.29 is 23.1 Å². The first-order chi connectivity index (χ1) is 16.2. The van der Waals surface area contributed by atoms with E-state index in [0.29, 0.717) is 31.1 Å². The van der Waals surface area contributed by atoms with Crippen molar-refractivity contribution in [3.63, 3.8) is 0 Å². The standard InChI is InChI=1S/C25H29N3O5S/c1-25(2)16-26-22-10-20(8-9-23(22)33-25)34(31,32)28-13-18-11-27(12-19(18)14-28)24(30)21(15-29)17-6-4-3-5-7-17/h3-10,21,26,29H,11-16H2,1-2H3/t21-/m1/s1. The Labute approximate surface area is 199 Å². The Hall–Kier alpha value is -2.88. The lowest BCUT2D eigenvalue weighted by Gasteiger charge is -2.33. The Bertz CT molecular complexity index is 1240. The van der Waals surface area contributed by atoms with Gasteiger partial charge in [-0.15, -0.1) is 0 Å². The number of fused-ring (bicyclic) bond motifs is 1. The maximum atomic E-state index is 13.4. The molecule has 0 aromatic heterocycles. The second kappa shape index (κ2) is 8.41. The van der Waals surface area contributed by atoms with Crippen LogP contribution in [0.15, 0.2) is 64.6 Å². The summed E-state index contributed by atoms with van der Waals surface area (Å²) in [5, 5.41) is 13.1. The van der Waals surface area contributed by atoms with Crippen LogP contribution in [0, 0.1) is 0 Å². The molecule has 3 aliphatic heterocycles. The maximum absolute atomic E-state index is 13.4. The molecule has 3 heterocycles. The van der Waals surface area contributed by atoms with Crippen LogP contribution >= 0.6 is 0 Å². The number of nitrogens with zero attached hydrogens (tertiary/aromatic N) is 2. The average molecular weight is 484 g/mol. The number of hydrogen-bond acceptors (Lipinski definition) is 6. The molecule has 1 atom stereocenters. The zero-order valence-electron chi connectivity index (χ0n) is 19.3. The van der Waals surface area contributed by atoms with E-state index in [-0.39, 0.29) is 36.1 Å². The van der Waals surface area contributed by atoms with E-state index < -0.39 is 15.9 Å². The van der Waals surface area contributed by atoms with Gasteiger partial charge in [0.15, 0.2) is 0 Å². The van der Waals surface area contributed by atoms with Crippen molar-refractivity contribution in [1.82, 2.24) is 9.21 Å². The fraction of sp³-hybridized carbons (Fsp3) is 0.400. The van der Waals surface area contributed by atoms with E-state index in [2.05, 4.69) is 5.32 Å². The molecule has 5 rings (SSSR count). The molecular weight excluding hydrogens is 454 g/mol. The number of nitrogens with one attached hydrogen (secondary N) is 1. The van der Waals surface area contributed by atoms with Gasteiger partial charge in [-0.2, -0.15) is 4.31 Å². The molecule has 0 aliphatic carbocycles. The Morgan fingerprint density at radius 1 is 1.09 bits per heavy atom. The molecule has 2 aromatic carbocycles. The van der Waals surface area contributed by atoms with Gasteiger partial charge < -0.3 is 20.1 Å². The Kier molecular flexibility index (Phi) is 5.66. The quantitative estimate of drug-likeness (QED) is 0.633. The van der Waals surface area contributed by atoms with Gasteiger partial charge in [0.1, 0.15) is 11.4 Å². The summed E-state index contributed by atoms with van der Waals surface area (Å²) in [6, 6.07) is 14.2. The van der Waals surface area contributed by atoms with E-state index in [9.17, 15) is 18.3 Å². The number of carbonyl (C=O) groups excluding carboxylic acids is 1. The van der Waals surface area contributed by atoms with Gasteiger partial charge in [-0.05, 0) is 48.8 Å². The Morgan fingerprint density at radius 2 is 1.76 bits per heavy atom. The number of anilines is 1. The van der Waals surface area contributed by atoms with E-state index in [4.69, 9.17) is 4.74 Å². The molecule has 0 saturated carbocycles. The molecular formula is C25H29N3O5S. The lowest BCUT2D eigenvalue weighted by molar-refractivity contribution is -0.132. The zero-order chi connectivity index (χ0) is 24.1. The van der Waals surface area contributed by atoms with Crippen molar-refractivity contribution in [1.29, 1.82) is 0 Å². The van der Waals surface area contributed by atoms with Crippen molar-refractivity contribution in [2.75, 3.05) is 44.6 Å². The molecule has 8 nitrogen and oxygen atoms in total. The maximum Gasteiger partial charge on any atom is 0.243 e. The number of aliphatic hydroxyl groups is 1. The molecule has 2 N–H and O–H groups in total. The van der Waals surface area contributed by atoms with Crippen LogP contribution in [0.2, 0.25) is 0 Å². The van der Waals surface area contributed by atoms with E-state index in [1.165, 1.54) is 4.31 Å². The van der Waals surface area contributed by atoms with Gasteiger partial charge in [0.25, 0.3) is 0 Å². The number of amides is 1. The third-order valence-corrected chi connectivity index (χ3v) is 8.46. The SMILES string of the molecule is CC1(C)CNc2cc(S(=O)(=O)N3CC4=C(CN(C(=O)[C@H](CO)c5ccccc5)C4)C3)ccc2O1. The number of rotatable bonds is 5. The average Bonchev–Trinajstić information content (AvgIpc) is 3.39. The van der Waals surface area contributed by atoms with Crippen LogP contribution in [0.25, 0.3) is 0 Å². The Morgan fingerprint density at radius 3 is 2.41 bits per heavy atom. The van der Waals surface area contributed by atoms with Crippen LogP contribution in [-0.4, -0.2) is 73.6 Å². The summed E-state index contributed by atoms with van der Waals surface area (Å²) < 4.78 is 34.1. The normalized spacial score (nSPS) is 20.4. The minimum Gasteiger partial charge on any atom is -0.484 e. The molecule has 34 heavy (non-hydrogen) atoms. The summed E-state index contributed by atoms with van der Waals surface area (Å²) in [6.07, 6.45) is 0. The number of benzene rings is 2. The third kappa shape index (κ3) is 4.08. The van der Waals surface area contributed by atoms with Gasteiger partial charge in [0, 0.05) is 26.2 Å². The monoisotopic (exact) mass is 483 g/mol. The van der Waals surface area contributed by atoms with Crippen LogP contribution in [0.5, 0.6) is 5.75 Å². The predicted molar refractivity (Wildman–Crippen MR) is 128 cm³/mol. The highest BCUT2D eigenvalue weighted by atomic mass is 32.2. The van der Waals surface area contributed by atoms with Gasteiger partial charge in [0.2, 0.25) is 15.9 Å². The summed E-state index contributed by atoms with van der Waals surface area (Å²) in [5.74, 6) is -0.110. The molecule has 2 aromatic rings. The first-order valence-corrected chi connectivity index (χ1v) is 12.8. The van der Waals surface area contributed by atoms with Crippen molar-refractivity contribution in [3.8, 4) is 5.75 Å². The fourth-order valence-electron chi connectivity index (χ4n) is 4.79. The van der Waals surface area contributed by atoms with Gasteiger partial charge in [0.05, 0.1) is 29.7 Å². The minimum absolute atomic E-state index is 0.138. The highest BCUT2D eigenvalue weighted by molar-refractivity contribution is 7.89. The molecule has 0 bridgehead atoms. The van der Waals surface area contributed by atoms with E-state index in [1.54, 1.807) is 23.1 Å². The first-order valence-electron chi connectivity index (χ1n) is 11.4. The number of carbonyl (C=O) groups is 1. The summed E-state index contributed by atoms with van der Waals surface area (Å²) in [4.78, 5) is 15.0. The van der Waals surface area contributed by atoms with Crippen LogP contribution in [0.4, 0.5) is 5.69 Å². The van der Waals surface area contributed by atoms with Crippen LogP contribution < -0.4 is 10.1 Å². The third-order valence-electron chi connectivity index (χ3n) is 6.67. The smallest absolute Gasteiger partial charge is 0.243 e. The van der Waals surface area contributed by atoms with E-state index >= 15 is 0 Å². The second-order valence-electron chi connectivity index (χ2n) is 9.69.